The van der Waals surface area contributed by atoms with Crippen LogP contribution in [0.5, 0.6) is 0 Å². The number of likely N-dealkylation sites (tertiary alicyclic amines) is 1. The molecule has 1 aromatic rings. The van der Waals surface area contributed by atoms with Crippen molar-refractivity contribution in [2.75, 3.05) is 51.2 Å². The van der Waals surface area contributed by atoms with E-state index in [4.69, 9.17) is 0 Å². The topological polar surface area (TPSA) is 42.9 Å². The van der Waals surface area contributed by atoms with Gasteiger partial charge in [-0.3, -0.25) is 4.99 Å². The lowest BCUT2D eigenvalue weighted by Gasteiger charge is -2.32. The van der Waals surface area contributed by atoms with E-state index in [0.29, 0.717) is 6.04 Å². The monoisotopic (exact) mass is 421 g/mol. The van der Waals surface area contributed by atoms with Crippen molar-refractivity contribution in [3.63, 3.8) is 0 Å². The zero-order valence-electron chi connectivity index (χ0n) is 16.0. The van der Waals surface area contributed by atoms with Crippen molar-refractivity contribution in [2.45, 2.75) is 32.2 Å². The summed E-state index contributed by atoms with van der Waals surface area (Å²) in [5.74, 6) is 1.67. The molecule has 0 amide bonds. The van der Waals surface area contributed by atoms with Crippen molar-refractivity contribution >= 4 is 27.6 Å². The van der Waals surface area contributed by atoms with Gasteiger partial charge in [0, 0.05) is 43.7 Å². The second kappa shape index (κ2) is 9.60. The molecule has 0 aromatic heterocycles. The van der Waals surface area contributed by atoms with Crippen LogP contribution >= 0.6 is 15.9 Å². The highest BCUT2D eigenvalue weighted by Gasteiger charge is 2.25. The van der Waals surface area contributed by atoms with E-state index < -0.39 is 0 Å². The smallest absolute Gasteiger partial charge is 0.191 e. The number of aliphatic imine (C=N–C) groups is 1. The van der Waals surface area contributed by atoms with Crippen LogP contribution in [-0.4, -0.2) is 63.2 Å². The van der Waals surface area contributed by atoms with Crippen molar-refractivity contribution in [3.05, 3.63) is 28.7 Å². The largest absolute Gasteiger partial charge is 0.368 e. The molecule has 0 saturated carbocycles. The summed E-state index contributed by atoms with van der Waals surface area (Å²) in [7, 11) is 1.87. The second-order valence-corrected chi connectivity index (χ2v) is 8.24. The highest BCUT2D eigenvalue weighted by molar-refractivity contribution is 9.10. The predicted octanol–water partition coefficient (Wildman–Crippen LogP) is 2.92. The van der Waals surface area contributed by atoms with E-state index in [-0.39, 0.29) is 0 Å². The Hall–Kier alpha value is -1.27. The molecule has 0 spiro atoms. The number of rotatable bonds is 5. The first kappa shape index (κ1) is 19.5. The van der Waals surface area contributed by atoms with Gasteiger partial charge in [0.25, 0.3) is 0 Å². The van der Waals surface area contributed by atoms with Gasteiger partial charge in [0.1, 0.15) is 0 Å². The summed E-state index contributed by atoms with van der Waals surface area (Å²) >= 11 is 3.67. The summed E-state index contributed by atoms with van der Waals surface area (Å²) in [6, 6.07) is 8.90. The Bertz CT molecular complexity index is 606. The second-order valence-electron chi connectivity index (χ2n) is 7.38. The van der Waals surface area contributed by atoms with E-state index in [1.54, 1.807) is 0 Å². The van der Waals surface area contributed by atoms with Crippen LogP contribution in [0.15, 0.2) is 33.7 Å². The maximum absolute atomic E-state index is 4.44. The van der Waals surface area contributed by atoms with Gasteiger partial charge in [-0.05, 0) is 66.3 Å². The zero-order chi connectivity index (χ0) is 18.4. The van der Waals surface area contributed by atoms with Crippen molar-refractivity contribution in [3.8, 4) is 0 Å². The fraction of sp³-hybridized carbons (Fsp3) is 0.650. The van der Waals surface area contributed by atoms with Crippen LogP contribution in [0.2, 0.25) is 0 Å². The number of hydrogen-bond donors (Lipinski definition) is 2. The Morgan fingerprint density at radius 3 is 2.85 bits per heavy atom. The highest BCUT2D eigenvalue weighted by atomic mass is 79.9. The lowest BCUT2D eigenvalue weighted by molar-refractivity contribution is 0.183. The maximum Gasteiger partial charge on any atom is 0.191 e. The van der Waals surface area contributed by atoms with Gasteiger partial charge in [-0.1, -0.05) is 19.1 Å². The van der Waals surface area contributed by atoms with Crippen LogP contribution in [0.4, 0.5) is 5.69 Å². The summed E-state index contributed by atoms with van der Waals surface area (Å²) in [5, 5.41) is 7.18. The van der Waals surface area contributed by atoms with E-state index >= 15 is 0 Å². The van der Waals surface area contributed by atoms with Gasteiger partial charge in [0.15, 0.2) is 5.96 Å². The first-order valence-electron chi connectivity index (χ1n) is 9.88. The summed E-state index contributed by atoms with van der Waals surface area (Å²) in [4.78, 5) is 9.44. The van der Waals surface area contributed by atoms with Crippen molar-refractivity contribution < 1.29 is 0 Å². The lowest BCUT2D eigenvalue weighted by Crippen LogP contribution is -2.47. The summed E-state index contributed by atoms with van der Waals surface area (Å²) < 4.78 is 1.17. The number of anilines is 1. The molecule has 1 aromatic carbocycles. The quantitative estimate of drug-likeness (QED) is 0.566. The normalized spacial score (nSPS) is 24.7. The van der Waals surface area contributed by atoms with E-state index in [2.05, 4.69) is 72.5 Å². The molecule has 2 heterocycles. The Kier molecular flexibility index (Phi) is 7.20. The molecule has 6 heteroatoms. The first-order valence-corrected chi connectivity index (χ1v) is 10.7. The fourth-order valence-corrected chi connectivity index (χ4v) is 4.57. The first-order chi connectivity index (χ1) is 12.7. The molecule has 2 atom stereocenters. The van der Waals surface area contributed by atoms with Gasteiger partial charge in [-0.2, -0.15) is 0 Å². The number of hydrogen-bond acceptors (Lipinski definition) is 3. The predicted molar refractivity (Wildman–Crippen MR) is 114 cm³/mol. The Labute approximate surface area is 166 Å². The fourth-order valence-electron chi connectivity index (χ4n) is 4.04. The molecule has 2 fully saturated rings. The standard InChI is InChI=1S/C20H32BrN5/c1-3-25-11-6-7-16(14-25)13-23-20(22-2)24-17-10-12-26(15-17)19-9-5-4-8-18(19)21/h4-5,8-9,16-17H,3,6-7,10-15H2,1-2H3,(H2,22,23,24). The minimum atomic E-state index is 0.437. The van der Waals surface area contributed by atoms with Crippen LogP contribution in [0, 0.1) is 5.92 Å². The number of halogens is 1. The Balaban J connectivity index is 1.46. The maximum atomic E-state index is 4.44. The average molecular weight is 422 g/mol. The van der Waals surface area contributed by atoms with Crippen LogP contribution in [0.1, 0.15) is 26.2 Å². The molecular formula is C20H32BrN5. The number of piperidine rings is 1. The van der Waals surface area contributed by atoms with Gasteiger partial charge in [-0.25, -0.2) is 0 Å². The molecule has 144 valence electrons. The number of nitrogens with one attached hydrogen (secondary N) is 2. The molecule has 2 N–H and O–H groups in total. The van der Waals surface area contributed by atoms with E-state index in [0.717, 1.165) is 44.5 Å². The summed E-state index contributed by atoms with van der Waals surface area (Å²) in [6.45, 7) is 8.98. The third kappa shape index (κ3) is 5.13. The van der Waals surface area contributed by atoms with E-state index in [1.165, 1.54) is 36.1 Å². The molecule has 5 nitrogen and oxygen atoms in total. The Morgan fingerprint density at radius 1 is 1.23 bits per heavy atom. The van der Waals surface area contributed by atoms with Gasteiger partial charge in [0.2, 0.25) is 0 Å². The van der Waals surface area contributed by atoms with Crippen LogP contribution in [-0.2, 0) is 0 Å². The van der Waals surface area contributed by atoms with Crippen LogP contribution in [0.3, 0.4) is 0 Å². The number of benzene rings is 1. The van der Waals surface area contributed by atoms with E-state index in [1.807, 2.05) is 7.05 Å². The third-order valence-electron chi connectivity index (χ3n) is 5.55. The van der Waals surface area contributed by atoms with E-state index in [9.17, 15) is 0 Å². The summed E-state index contributed by atoms with van der Waals surface area (Å²) in [6.07, 6.45) is 3.77. The molecular weight excluding hydrogens is 390 g/mol. The zero-order valence-corrected chi connectivity index (χ0v) is 17.6. The van der Waals surface area contributed by atoms with Crippen molar-refractivity contribution in [2.24, 2.45) is 10.9 Å². The van der Waals surface area contributed by atoms with Crippen molar-refractivity contribution in [1.29, 1.82) is 0 Å². The molecule has 2 aliphatic rings. The summed E-state index contributed by atoms with van der Waals surface area (Å²) in [5.41, 5.74) is 1.28. The molecule has 0 bridgehead atoms. The molecule has 0 radical (unpaired) electrons. The molecule has 3 rings (SSSR count). The minimum Gasteiger partial charge on any atom is -0.368 e. The van der Waals surface area contributed by atoms with Crippen molar-refractivity contribution in [1.82, 2.24) is 15.5 Å². The Morgan fingerprint density at radius 2 is 2.08 bits per heavy atom. The van der Waals surface area contributed by atoms with Crippen LogP contribution < -0.4 is 15.5 Å². The molecule has 2 aliphatic heterocycles. The SMILES string of the molecule is CCN1CCCC(CNC(=NC)NC2CCN(c3ccccc3Br)C2)C1. The lowest BCUT2D eigenvalue weighted by atomic mass is 9.98. The third-order valence-corrected chi connectivity index (χ3v) is 6.22. The number of nitrogens with zero attached hydrogens (tertiary/aromatic N) is 3. The van der Waals surface area contributed by atoms with Gasteiger partial charge in [-0.15, -0.1) is 0 Å². The molecule has 2 saturated heterocycles. The molecule has 2 unspecified atom stereocenters. The number of para-hydroxylation sites is 1. The average Bonchev–Trinajstić information content (AvgIpc) is 3.14. The van der Waals surface area contributed by atoms with Gasteiger partial charge >= 0.3 is 0 Å². The van der Waals surface area contributed by atoms with Gasteiger partial charge in [0.05, 0.1) is 5.69 Å². The molecule has 26 heavy (non-hydrogen) atoms. The highest BCUT2D eigenvalue weighted by Crippen LogP contribution is 2.28. The number of guanidine groups is 1. The molecule has 0 aliphatic carbocycles. The minimum absolute atomic E-state index is 0.437. The van der Waals surface area contributed by atoms with Crippen LogP contribution in [0.25, 0.3) is 0 Å². The van der Waals surface area contributed by atoms with Gasteiger partial charge < -0.3 is 20.4 Å².